The maximum Gasteiger partial charge on any atom is 0.147 e. The van der Waals surface area contributed by atoms with Crippen LogP contribution in [0.2, 0.25) is 0 Å². The van der Waals surface area contributed by atoms with Crippen LogP contribution in [0.15, 0.2) is 0 Å². The van der Waals surface area contributed by atoms with Gasteiger partial charge in [-0.1, -0.05) is 6.92 Å². The fourth-order valence-electron chi connectivity index (χ4n) is 1.36. The van der Waals surface area contributed by atoms with Crippen molar-refractivity contribution in [3.8, 4) is 0 Å². The summed E-state index contributed by atoms with van der Waals surface area (Å²) in [5, 5.41) is 9.53. The zero-order chi connectivity index (χ0) is 9.30. The van der Waals surface area contributed by atoms with E-state index in [1.807, 2.05) is 6.92 Å². The third kappa shape index (κ3) is 1.87. The van der Waals surface area contributed by atoms with Gasteiger partial charge in [-0.25, -0.2) is 0 Å². The molecule has 0 saturated carbocycles. The van der Waals surface area contributed by atoms with Crippen LogP contribution in [0.25, 0.3) is 0 Å². The number of carbonyl (C=O) groups is 2. The lowest BCUT2D eigenvalue weighted by Gasteiger charge is -2.27. The van der Waals surface area contributed by atoms with Gasteiger partial charge < -0.3 is 5.11 Å². The summed E-state index contributed by atoms with van der Waals surface area (Å²) in [6.45, 7) is 3.23. The molecule has 0 spiro atoms. The minimum absolute atomic E-state index is 0.124. The molecule has 0 aromatic carbocycles. The van der Waals surface area contributed by atoms with E-state index in [2.05, 4.69) is 0 Å². The van der Waals surface area contributed by atoms with Crippen LogP contribution < -0.4 is 0 Å². The molecule has 1 N–H and O–H groups in total. The van der Waals surface area contributed by atoms with Gasteiger partial charge in [-0.2, -0.15) is 0 Å². The lowest BCUT2D eigenvalue weighted by Crippen LogP contribution is -2.38. The lowest BCUT2D eigenvalue weighted by molar-refractivity contribution is -0.134. The summed E-state index contributed by atoms with van der Waals surface area (Å²) in [5.74, 6) is -1.14. The number of rotatable bonds is 1. The molecule has 1 fully saturated rings. The van der Waals surface area contributed by atoms with Gasteiger partial charge in [-0.15, -0.1) is 11.8 Å². The SMILES string of the molecule is CC(=O)C1C(=O)CC(C)SC1O. The molecule has 0 radical (unpaired) electrons. The highest BCUT2D eigenvalue weighted by molar-refractivity contribution is 8.00. The predicted molar refractivity (Wildman–Crippen MR) is 46.9 cm³/mol. The van der Waals surface area contributed by atoms with E-state index in [9.17, 15) is 14.7 Å². The Morgan fingerprint density at radius 3 is 2.67 bits per heavy atom. The molecule has 1 heterocycles. The fourth-order valence-corrected chi connectivity index (χ4v) is 2.60. The van der Waals surface area contributed by atoms with Crippen molar-refractivity contribution in [2.24, 2.45) is 5.92 Å². The van der Waals surface area contributed by atoms with Crippen LogP contribution in [0.5, 0.6) is 0 Å². The van der Waals surface area contributed by atoms with Crippen LogP contribution in [0.4, 0.5) is 0 Å². The molecule has 68 valence electrons. The van der Waals surface area contributed by atoms with E-state index in [0.717, 1.165) is 0 Å². The summed E-state index contributed by atoms with van der Waals surface area (Å²) in [7, 11) is 0. The first-order chi connectivity index (χ1) is 5.52. The second kappa shape index (κ2) is 3.58. The first kappa shape index (κ1) is 9.74. The molecule has 1 rings (SSSR count). The molecule has 3 unspecified atom stereocenters. The minimum atomic E-state index is -0.834. The summed E-state index contributed by atoms with van der Waals surface area (Å²) in [6.07, 6.45) is 0.395. The van der Waals surface area contributed by atoms with Crippen LogP contribution in [0.3, 0.4) is 0 Å². The quantitative estimate of drug-likeness (QED) is 0.612. The van der Waals surface area contributed by atoms with E-state index in [-0.39, 0.29) is 16.8 Å². The van der Waals surface area contributed by atoms with Gasteiger partial charge in [0.15, 0.2) is 0 Å². The smallest absolute Gasteiger partial charge is 0.147 e. The van der Waals surface area contributed by atoms with Crippen molar-refractivity contribution >= 4 is 23.3 Å². The van der Waals surface area contributed by atoms with E-state index in [1.54, 1.807) is 0 Å². The van der Waals surface area contributed by atoms with E-state index < -0.39 is 11.4 Å². The molecule has 12 heavy (non-hydrogen) atoms. The molecular weight excluding hydrogens is 176 g/mol. The highest BCUT2D eigenvalue weighted by Gasteiger charge is 2.37. The maximum absolute atomic E-state index is 11.3. The van der Waals surface area contributed by atoms with Crippen LogP contribution in [0.1, 0.15) is 20.3 Å². The standard InChI is InChI=1S/C8H12O3S/c1-4-3-6(10)7(5(2)9)8(11)12-4/h4,7-8,11H,3H2,1-2H3. The number of ketones is 2. The van der Waals surface area contributed by atoms with Gasteiger partial charge in [0.2, 0.25) is 0 Å². The van der Waals surface area contributed by atoms with Gasteiger partial charge in [0.25, 0.3) is 0 Å². The Labute approximate surface area is 75.5 Å². The molecule has 0 aliphatic carbocycles. The van der Waals surface area contributed by atoms with Crippen molar-refractivity contribution in [1.82, 2.24) is 0 Å². The van der Waals surface area contributed by atoms with E-state index in [1.165, 1.54) is 18.7 Å². The second-order valence-corrected chi connectivity index (χ2v) is 4.66. The van der Waals surface area contributed by atoms with Crippen molar-refractivity contribution in [2.75, 3.05) is 0 Å². The Morgan fingerprint density at radius 1 is 1.67 bits per heavy atom. The summed E-state index contributed by atoms with van der Waals surface area (Å²) in [6, 6.07) is 0. The Morgan fingerprint density at radius 2 is 2.25 bits per heavy atom. The monoisotopic (exact) mass is 188 g/mol. The number of carbonyl (C=O) groups excluding carboxylic acids is 2. The molecule has 1 aliphatic heterocycles. The van der Waals surface area contributed by atoms with E-state index in [0.29, 0.717) is 6.42 Å². The van der Waals surface area contributed by atoms with Gasteiger partial charge in [0, 0.05) is 11.7 Å². The van der Waals surface area contributed by atoms with Crippen molar-refractivity contribution < 1.29 is 14.7 Å². The summed E-state index contributed by atoms with van der Waals surface area (Å²) < 4.78 is 0. The number of hydrogen-bond donors (Lipinski definition) is 1. The molecule has 1 saturated heterocycles. The number of hydrogen-bond acceptors (Lipinski definition) is 4. The van der Waals surface area contributed by atoms with Gasteiger partial charge in [0.1, 0.15) is 22.9 Å². The molecule has 3 nitrogen and oxygen atoms in total. The largest absolute Gasteiger partial charge is 0.381 e. The first-order valence-corrected chi connectivity index (χ1v) is 4.83. The van der Waals surface area contributed by atoms with Gasteiger partial charge in [-0.3, -0.25) is 9.59 Å². The third-order valence-electron chi connectivity index (χ3n) is 1.93. The van der Waals surface area contributed by atoms with Crippen molar-refractivity contribution in [1.29, 1.82) is 0 Å². The van der Waals surface area contributed by atoms with Crippen molar-refractivity contribution in [3.05, 3.63) is 0 Å². The Bertz CT molecular complexity index is 214. The first-order valence-electron chi connectivity index (χ1n) is 3.89. The number of thioether (sulfide) groups is 1. The molecular formula is C8H12O3S. The second-order valence-electron chi connectivity index (χ2n) is 3.10. The van der Waals surface area contributed by atoms with Crippen LogP contribution in [0, 0.1) is 5.92 Å². The van der Waals surface area contributed by atoms with Crippen LogP contribution in [-0.2, 0) is 9.59 Å². The fraction of sp³-hybridized carbons (Fsp3) is 0.750. The Balaban J connectivity index is 2.73. The topological polar surface area (TPSA) is 54.4 Å². The van der Waals surface area contributed by atoms with E-state index in [4.69, 9.17) is 0 Å². The summed E-state index contributed by atoms with van der Waals surface area (Å²) >= 11 is 1.30. The highest BCUT2D eigenvalue weighted by atomic mass is 32.2. The molecule has 0 aromatic heterocycles. The summed E-state index contributed by atoms with van der Waals surface area (Å²) in [5.41, 5.74) is -0.834. The highest BCUT2D eigenvalue weighted by Crippen LogP contribution is 2.32. The van der Waals surface area contributed by atoms with Gasteiger partial charge in [-0.05, 0) is 6.92 Å². The minimum Gasteiger partial charge on any atom is -0.381 e. The lowest BCUT2D eigenvalue weighted by atomic mass is 9.97. The molecule has 0 aromatic rings. The van der Waals surface area contributed by atoms with E-state index >= 15 is 0 Å². The van der Waals surface area contributed by atoms with Crippen LogP contribution >= 0.6 is 11.8 Å². The average Bonchev–Trinajstić information content (AvgIpc) is 1.82. The number of aliphatic hydroxyl groups excluding tert-OH is 1. The third-order valence-corrected chi connectivity index (χ3v) is 3.11. The molecule has 0 bridgehead atoms. The molecule has 4 heteroatoms. The number of Topliss-reactive ketones (excluding diaryl/α,β-unsaturated/α-hetero) is 2. The molecule has 0 amide bonds. The average molecular weight is 188 g/mol. The van der Waals surface area contributed by atoms with Gasteiger partial charge in [0.05, 0.1) is 0 Å². The normalized spacial score (nSPS) is 36.6. The maximum atomic E-state index is 11.3. The van der Waals surface area contributed by atoms with Gasteiger partial charge >= 0.3 is 0 Å². The Kier molecular flexibility index (Phi) is 2.90. The van der Waals surface area contributed by atoms with Crippen molar-refractivity contribution in [3.63, 3.8) is 0 Å². The Hall–Kier alpha value is -0.350. The summed E-state index contributed by atoms with van der Waals surface area (Å²) in [4.78, 5) is 22.2. The zero-order valence-electron chi connectivity index (χ0n) is 7.11. The number of aliphatic hydroxyl groups is 1. The zero-order valence-corrected chi connectivity index (χ0v) is 7.93. The molecule has 1 aliphatic rings. The predicted octanol–water partition coefficient (Wildman–Crippen LogP) is 0.605. The molecule has 3 atom stereocenters. The van der Waals surface area contributed by atoms with Crippen LogP contribution in [-0.4, -0.2) is 27.4 Å². The van der Waals surface area contributed by atoms with Crippen molar-refractivity contribution in [2.45, 2.75) is 31.0 Å².